The van der Waals surface area contributed by atoms with Crippen LogP contribution in [0.5, 0.6) is 0 Å². The Morgan fingerprint density at radius 3 is 2.52 bits per heavy atom. The second kappa shape index (κ2) is 5.80. The molecule has 0 saturated heterocycles. The Morgan fingerprint density at radius 1 is 1.19 bits per heavy atom. The van der Waals surface area contributed by atoms with E-state index in [1.54, 1.807) is 0 Å². The minimum atomic E-state index is -0.766. The Balaban J connectivity index is 2.31. The molecular formula is C13H12BrF2N3O2. The molecule has 1 N–H and O–H groups in total. The number of nitrogens with zero attached hydrogens (tertiary/aromatic N) is 2. The van der Waals surface area contributed by atoms with Crippen molar-refractivity contribution in [1.82, 2.24) is 9.13 Å². The predicted molar refractivity (Wildman–Crippen MR) is 78.3 cm³/mol. The van der Waals surface area contributed by atoms with Crippen molar-refractivity contribution in [1.29, 1.82) is 0 Å². The van der Waals surface area contributed by atoms with Crippen molar-refractivity contribution in [2.45, 2.75) is 6.54 Å². The van der Waals surface area contributed by atoms with Crippen LogP contribution in [0.25, 0.3) is 0 Å². The number of hydrogen-bond donors (Lipinski definition) is 1. The molecule has 2 aromatic rings. The fraction of sp³-hybridized carbons (Fsp3) is 0.231. The van der Waals surface area contributed by atoms with Gasteiger partial charge < -0.3 is 9.88 Å². The van der Waals surface area contributed by atoms with Crippen LogP contribution in [-0.4, -0.2) is 9.13 Å². The van der Waals surface area contributed by atoms with Gasteiger partial charge in [0, 0.05) is 32.9 Å². The third kappa shape index (κ3) is 3.05. The van der Waals surface area contributed by atoms with E-state index in [0.29, 0.717) is 5.56 Å². The van der Waals surface area contributed by atoms with Gasteiger partial charge in [-0.25, -0.2) is 13.6 Å². The average molecular weight is 360 g/mol. The van der Waals surface area contributed by atoms with Crippen LogP contribution < -0.4 is 16.6 Å². The maximum Gasteiger partial charge on any atom is 0.330 e. The first-order valence-corrected chi connectivity index (χ1v) is 6.74. The van der Waals surface area contributed by atoms with Gasteiger partial charge in [-0.3, -0.25) is 9.36 Å². The largest absolute Gasteiger partial charge is 0.378 e. The van der Waals surface area contributed by atoms with Crippen molar-refractivity contribution in [3.8, 4) is 0 Å². The Kier molecular flexibility index (Phi) is 4.26. The van der Waals surface area contributed by atoms with E-state index in [4.69, 9.17) is 0 Å². The lowest BCUT2D eigenvalue weighted by atomic mass is 10.2. The molecule has 5 nitrogen and oxygen atoms in total. The lowest BCUT2D eigenvalue weighted by Gasteiger charge is -2.10. The zero-order valence-corrected chi connectivity index (χ0v) is 12.9. The second-order valence-corrected chi connectivity index (χ2v) is 5.37. The van der Waals surface area contributed by atoms with Gasteiger partial charge in [-0.1, -0.05) is 0 Å². The fourth-order valence-corrected chi connectivity index (χ4v) is 2.20. The molecule has 0 bridgehead atoms. The highest BCUT2D eigenvalue weighted by Crippen LogP contribution is 2.23. The first-order valence-electron chi connectivity index (χ1n) is 5.95. The van der Waals surface area contributed by atoms with Gasteiger partial charge in [0.25, 0.3) is 5.56 Å². The molecule has 0 fully saturated rings. The minimum absolute atomic E-state index is 0.00971. The monoisotopic (exact) mass is 359 g/mol. The topological polar surface area (TPSA) is 56.0 Å². The number of rotatable bonds is 3. The smallest absolute Gasteiger partial charge is 0.330 e. The number of aromatic nitrogens is 2. The normalized spacial score (nSPS) is 10.7. The minimum Gasteiger partial charge on any atom is -0.378 e. The van der Waals surface area contributed by atoms with Crippen LogP contribution in [0.2, 0.25) is 0 Å². The number of anilines is 1. The molecule has 2 rings (SSSR count). The van der Waals surface area contributed by atoms with E-state index in [1.807, 2.05) is 0 Å². The van der Waals surface area contributed by atoms with Crippen molar-refractivity contribution in [3.63, 3.8) is 0 Å². The summed E-state index contributed by atoms with van der Waals surface area (Å²) in [6, 6.07) is 1.99. The maximum absolute atomic E-state index is 13.6. The standard InChI is InChI=1S/C13H12BrF2N3O2/c1-18-6-7(12(20)19(2)13(18)21)5-17-11-3-8(14)9(15)4-10(11)16/h3-4,6,17H,5H2,1-2H3. The van der Waals surface area contributed by atoms with Gasteiger partial charge in [-0.2, -0.15) is 0 Å². The van der Waals surface area contributed by atoms with E-state index in [0.717, 1.165) is 10.6 Å². The third-order valence-electron chi connectivity index (χ3n) is 3.00. The highest BCUT2D eigenvalue weighted by Gasteiger charge is 2.10. The van der Waals surface area contributed by atoms with Gasteiger partial charge >= 0.3 is 5.69 Å². The Labute approximate surface area is 127 Å². The van der Waals surface area contributed by atoms with Crippen LogP contribution in [0.15, 0.2) is 32.4 Å². The van der Waals surface area contributed by atoms with E-state index in [1.165, 1.54) is 30.9 Å². The summed E-state index contributed by atoms with van der Waals surface area (Å²) in [4.78, 5) is 23.5. The zero-order chi connectivity index (χ0) is 15.7. The molecule has 0 radical (unpaired) electrons. The van der Waals surface area contributed by atoms with E-state index in [-0.39, 0.29) is 16.7 Å². The predicted octanol–water partition coefficient (Wildman–Crippen LogP) is 1.74. The van der Waals surface area contributed by atoms with Crippen LogP contribution in [0.4, 0.5) is 14.5 Å². The van der Waals surface area contributed by atoms with Crippen molar-refractivity contribution in [2.24, 2.45) is 14.1 Å². The fourth-order valence-electron chi connectivity index (χ4n) is 1.85. The molecule has 0 aliphatic heterocycles. The molecule has 8 heteroatoms. The van der Waals surface area contributed by atoms with Gasteiger partial charge in [0.2, 0.25) is 0 Å². The van der Waals surface area contributed by atoms with Crippen molar-refractivity contribution in [2.75, 3.05) is 5.32 Å². The summed E-state index contributed by atoms with van der Waals surface area (Å²) in [7, 11) is 2.88. The van der Waals surface area contributed by atoms with Gasteiger partial charge in [-0.15, -0.1) is 0 Å². The number of nitrogens with one attached hydrogen (secondary N) is 1. The molecule has 0 unspecified atom stereocenters. The van der Waals surface area contributed by atoms with Crippen molar-refractivity contribution < 1.29 is 8.78 Å². The van der Waals surface area contributed by atoms with Crippen LogP contribution in [0.1, 0.15) is 5.56 Å². The molecule has 0 atom stereocenters. The molecule has 0 saturated carbocycles. The lowest BCUT2D eigenvalue weighted by molar-refractivity contribution is 0.580. The molecule has 1 heterocycles. The summed E-state index contributed by atoms with van der Waals surface area (Å²) >= 11 is 2.96. The molecule has 0 aliphatic carbocycles. The zero-order valence-electron chi connectivity index (χ0n) is 11.3. The van der Waals surface area contributed by atoms with Gasteiger partial charge in [0.15, 0.2) is 0 Å². The number of aryl methyl sites for hydroxylation is 1. The summed E-state index contributed by atoms with van der Waals surface area (Å²) in [5.41, 5.74) is -0.565. The summed E-state index contributed by atoms with van der Waals surface area (Å²) in [5.74, 6) is -1.48. The highest BCUT2D eigenvalue weighted by molar-refractivity contribution is 9.10. The number of hydrogen-bond acceptors (Lipinski definition) is 3. The lowest BCUT2D eigenvalue weighted by Crippen LogP contribution is -2.38. The Morgan fingerprint density at radius 2 is 1.86 bits per heavy atom. The number of halogens is 3. The molecule has 0 spiro atoms. The summed E-state index contributed by atoms with van der Waals surface area (Å²) < 4.78 is 29.1. The quantitative estimate of drug-likeness (QED) is 0.849. The second-order valence-electron chi connectivity index (χ2n) is 4.51. The van der Waals surface area contributed by atoms with Gasteiger partial charge in [0.05, 0.1) is 15.7 Å². The average Bonchev–Trinajstić information content (AvgIpc) is 2.44. The van der Waals surface area contributed by atoms with E-state index >= 15 is 0 Å². The third-order valence-corrected chi connectivity index (χ3v) is 3.60. The first kappa shape index (κ1) is 15.4. The molecule has 21 heavy (non-hydrogen) atoms. The van der Waals surface area contributed by atoms with E-state index in [2.05, 4.69) is 21.2 Å². The van der Waals surface area contributed by atoms with Crippen molar-refractivity contribution in [3.05, 3.63) is 60.8 Å². The first-order chi connectivity index (χ1) is 9.81. The molecule has 0 amide bonds. The van der Waals surface area contributed by atoms with Crippen LogP contribution in [0, 0.1) is 11.6 Å². The van der Waals surface area contributed by atoms with Gasteiger partial charge in [0.1, 0.15) is 11.6 Å². The van der Waals surface area contributed by atoms with E-state index < -0.39 is 22.9 Å². The maximum atomic E-state index is 13.6. The van der Waals surface area contributed by atoms with E-state index in [9.17, 15) is 18.4 Å². The molecule has 1 aromatic heterocycles. The highest BCUT2D eigenvalue weighted by atomic mass is 79.9. The van der Waals surface area contributed by atoms with Crippen LogP contribution >= 0.6 is 15.9 Å². The van der Waals surface area contributed by atoms with Crippen LogP contribution in [-0.2, 0) is 20.6 Å². The van der Waals surface area contributed by atoms with Crippen molar-refractivity contribution >= 4 is 21.6 Å². The molecule has 0 aliphatic rings. The Bertz CT molecular complexity index is 814. The van der Waals surface area contributed by atoms with Gasteiger partial charge in [-0.05, 0) is 22.0 Å². The summed E-state index contributed by atoms with van der Waals surface area (Å²) in [5, 5.41) is 2.71. The molecular weight excluding hydrogens is 348 g/mol. The molecule has 112 valence electrons. The van der Waals surface area contributed by atoms with Crippen LogP contribution in [0.3, 0.4) is 0 Å². The molecule has 1 aromatic carbocycles. The SMILES string of the molecule is Cn1cc(CNc2cc(Br)c(F)cc2F)c(=O)n(C)c1=O. The Hall–Kier alpha value is -1.96. The summed E-state index contributed by atoms with van der Waals surface area (Å²) in [6.07, 6.45) is 1.38. The summed E-state index contributed by atoms with van der Waals surface area (Å²) in [6.45, 7) is 0.00971. The number of benzene rings is 1.